The van der Waals surface area contributed by atoms with Crippen LogP contribution in [0.4, 0.5) is 17.1 Å². The molecule has 0 bridgehead atoms. The van der Waals surface area contributed by atoms with E-state index in [1.54, 1.807) is 26.6 Å². The van der Waals surface area contributed by atoms with E-state index >= 15 is 4.79 Å². The number of benzene rings is 5. The van der Waals surface area contributed by atoms with E-state index in [1.165, 1.54) is 0 Å². The highest BCUT2D eigenvalue weighted by molar-refractivity contribution is 9.10. The minimum Gasteiger partial charge on any atom is -0.454 e. The maximum Gasteiger partial charge on any atom is 0.266 e. The van der Waals surface area contributed by atoms with Crippen LogP contribution in [0.15, 0.2) is 132 Å². The summed E-state index contributed by atoms with van der Waals surface area (Å²) in [7, 11) is -2.93. The largest absolute Gasteiger partial charge is 0.454 e. The van der Waals surface area contributed by atoms with Gasteiger partial charge in [-0.3, -0.25) is 19.2 Å². The lowest BCUT2D eigenvalue weighted by atomic mass is 9.82. The van der Waals surface area contributed by atoms with E-state index in [0.29, 0.717) is 47.1 Å². The number of carbonyl (C=O) groups excluding carboxylic acids is 2. The second-order valence-corrected chi connectivity index (χ2v) is 21.0. The molecule has 5 aromatic carbocycles. The van der Waals surface area contributed by atoms with Crippen molar-refractivity contribution in [2.24, 2.45) is 5.92 Å². The number of nitrogens with zero attached hydrogens (tertiary/aromatic N) is 5. The predicted molar refractivity (Wildman–Crippen MR) is 230 cm³/mol. The summed E-state index contributed by atoms with van der Waals surface area (Å²) in [6.07, 6.45) is 1.89. The van der Waals surface area contributed by atoms with Gasteiger partial charge in [0.1, 0.15) is 5.75 Å². The Kier molecular flexibility index (Phi) is 10.1. The highest BCUT2D eigenvalue weighted by atomic mass is 79.9. The fourth-order valence-corrected chi connectivity index (χ4v) is 12.4. The number of amides is 2. The van der Waals surface area contributed by atoms with Crippen molar-refractivity contribution >= 4 is 53.1 Å². The first-order valence-corrected chi connectivity index (χ1v) is 23.7. The van der Waals surface area contributed by atoms with Crippen LogP contribution in [-0.4, -0.2) is 57.7 Å². The van der Waals surface area contributed by atoms with Gasteiger partial charge in [0.05, 0.1) is 47.8 Å². The monoisotopic (exact) mass is 869 g/mol. The van der Waals surface area contributed by atoms with E-state index in [4.69, 9.17) is 9.47 Å². The molecule has 2 amide bonds. The molecule has 1 saturated heterocycles. The molecular formula is C46H44BrN5O6Si. The first-order chi connectivity index (χ1) is 28.5. The van der Waals surface area contributed by atoms with Crippen LogP contribution in [0.5, 0.6) is 11.5 Å². The number of rotatable bonds is 10. The lowest BCUT2D eigenvalue weighted by Crippen LogP contribution is -2.46. The summed E-state index contributed by atoms with van der Waals surface area (Å²) in [5.41, 5.74) is 4.01. The Bertz CT molecular complexity index is 2560. The van der Waals surface area contributed by atoms with Crippen molar-refractivity contribution in [1.82, 2.24) is 15.0 Å². The van der Waals surface area contributed by atoms with Crippen LogP contribution >= 0.6 is 15.9 Å². The van der Waals surface area contributed by atoms with Gasteiger partial charge in [-0.25, -0.2) is 0 Å². The Morgan fingerprint density at radius 2 is 1.63 bits per heavy atom. The van der Waals surface area contributed by atoms with Crippen LogP contribution in [0.2, 0.25) is 18.6 Å². The first-order valence-electron chi connectivity index (χ1n) is 19.8. The zero-order valence-electron chi connectivity index (χ0n) is 32.9. The Morgan fingerprint density at radius 1 is 0.881 bits per heavy atom. The fraction of sp³-hybridized carbons (Fsp3) is 0.261. The first kappa shape index (κ1) is 39.0. The molecule has 0 radical (unpaired) electrons. The molecule has 1 fully saturated rings. The Morgan fingerprint density at radius 3 is 2.41 bits per heavy atom. The van der Waals surface area contributed by atoms with Crippen LogP contribution in [0.3, 0.4) is 0 Å². The van der Waals surface area contributed by atoms with Crippen molar-refractivity contribution < 1.29 is 29.0 Å². The Hall–Kier alpha value is -5.44. The zero-order chi connectivity index (χ0) is 41.1. The average molecular weight is 871 g/mol. The summed E-state index contributed by atoms with van der Waals surface area (Å²) in [5, 5.41) is 19.0. The van der Waals surface area contributed by atoms with Gasteiger partial charge in [0.2, 0.25) is 0 Å². The van der Waals surface area contributed by atoms with Gasteiger partial charge in [-0.2, -0.15) is 0 Å². The van der Waals surface area contributed by atoms with E-state index in [9.17, 15) is 14.7 Å². The number of carbonyl (C=O) groups is 2. The van der Waals surface area contributed by atoms with E-state index in [2.05, 4.69) is 26.2 Å². The van der Waals surface area contributed by atoms with Gasteiger partial charge in [-0.1, -0.05) is 94.8 Å². The van der Waals surface area contributed by atoms with Crippen LogP contribution in [0.1, 0.15) is 52.0 Å². The van der Waals surface area contributed by atoms with Crippen molar-refractivity contribution in [2.75, 3.05) is 16.4 Å². The number of halogens is 1. The molecule has 0 aliphatic carbocycles. The molecule has 9 rings (SSSR count). The molecule has 1 aromatic heterocycles. The summed E-state index contributed by atoms with van der Waals surface area (Å²) in [6.45, 7) is 6.42. The van der Waals surface area contributed by atoms with E-state index in [-0.39, 0.29) is 42.3 Å². The Labute approximate surface area is 352 Å². The number of hydrogen-bond donors (Lipinski definition) is 2. The minimum atomic E-state index is -2.93. The molecule has 13 heteroatoms. The number of aryl methyl sites for hydroxylation is 1. The number of aliphatic hydroxyl groups is 1. The third kappa shape index (κ3) is 6.80. The third-order valence-electron chi connectivity index (χ3n) is 12.0. The number of fused-ring (bicyclic) bond motifs is 4. The molecule has 59 heavy (non-hydrogen) atoms. The fourth-order valence-electron chi connectivity index (χ4n) is 9.42. The van der Waals surface area contributed by atoms with Crippen molar-refractivity contribution in [3.63, 3.8) is 0 Å². The third-order valence-corrected chi connectivity index (χ3v) is 15.0. The van der Waals surface area contributed by atoms with E-state index in [0.717, 1.165) is 26.9 Å². The molecule has 300 valence electrons. The summed E-state index contributed by atoms with van der Waals surface area (Å²) < 4.78 is 15.9. The highest BCUT2D eigenvalue weighted by Gasteiger charge is 2.66. The number of anilines is 3. The molecule has 11 nitrogen and oxygen atoms in total. The van der Waals surface area contributed by atoms with Gasteiger partial charge in [-0.15, -0.1) is 5.10 Å². The molecule has 1 unspecified atom stereocenters. The van der Waals surface area contributed by atoms with Gasteiger partial charge in [0.15, 0.2) is 19.7 Å². The summed E-state index contributed by atoms with van der Waals surface area (Å²) in [5.74, 6) is -0.0292. The van der Waals surface area contributed by atoms with Gasteiger partial charge in [0, 0.05) is 39.9 Å². The van der Waals surface area contributed by atoms with Crippen molar-refractivity contribution in [1.29, 1.82) is 0 Å². The number of ether oxygens (including phenoxy) is 2. The van der Waals surface area contributed by atoms with E-state index in [1.807, 2.05) is 135 Å². The number of hydrogen-bond acceptors (Lipinski definition) is 8. The normalized spacial score (nSPS) is 21.6. The molecule has 3 aliphatic heterocycles. The molecule has 3 aliphatic rings. The van der Waals surface area contributed by atoms with Gasteiger partial charge in [-0.05, 0) is 85.2 Å². The van der Waals surface area contributed by atoms with Gasteiger partial charge in [0.25, 0.3) is 11.8 Å². The SMILES string of the molecule is C[C@H]1[C@H]([Si](C)(C)O)[C@@H](CCn2cc(C(CO)c3ccccc3)nn2)O[C@]12C(=O)N(Cc1cccc(N3C(=O)c4ccccc4Oc4ccccc43)c1)c1ccc(Br)cc12. The average Bonchev–Trinajstić information content (AvgIpc) is 3.86. The summed E-state index contributed by atoms with van der Waals surface area (Å²) in [4.78, 5) is 44.8. The van der Waals surface area contributed by atoms with Crippen LogP contribution in [0, 0.1) is 5.92 Å². The van der Waals surface area contributed by atoms with Crippen LogP contribution < -0.4 is 14.5 Å². The lowest BCUT2D eigenvalue weighted by molar-refractivity contribution is -0.146. The molecule has 4 heterocycles. The molecule has 1 spiro atoms. The molecule has 0 saturated carbocycles. The topological polar surface area (TPSA) is 130 Å². The maximum atomic E-state index is 15.2. The van der Waals surface area contributed by atoms with E-state index < -0.39 is 20.0 Å². The predicted octanol–water partition coefficient (Wildman–Crippen LogP) is 8.68. The number of aromatic nitrogens is 3. The summed E-state index contributed by atoms with van der Waals surface area (Å²) >= 11 is 3.67. The lowest BCUT2D eigenvalue weighted by Gasteiger charge is -2.32. The van der Waals surface area contributed by atoms with Crippen molar-refractivity contribution in [3.05, 3.63) is 160 Å². The Balaban J connectivity index is 1.02. The molecule has 5 atom stereocenters. The molecular weight excluding hydrogens is 827 g/mol. The van der Waals surface area contributed by atoms with Crippen LogP contribution in [-0.2, 0) is 28.2 Å². The zero-order valence-corrected chi connectivity index (χ0v) is 35.5. The summed E-state index contributed by atoms with van der Waals surface area (Å²) in [6, 6.07) is 37.9. The number of para-hydroxylation sites is 3. The maximum absolute atomic E-state index is 15.2. The van der Waals surface area contributed by atoms with Gasteiger partial charge >= 0.3 is 0 Å². The van der Waals surface area contributed by atoms with Crippen molar-refractivity contribution in [2.45, 2.75) is 62.7 Å². The number of aliphatic hydroxyl groups excluding tert-OH is 1. The second kappa shape index (κ2) is 15.3. The quantitative estimate of drug-likeness (QED) is 0.131. The minimum absolute atomic E-state index is 0.105. The van der Waals surface area contributed by atoms with Crippen molar-refractivity contribution in [3.8, 4) is 11.5 Å². The van der Waals surface area contributed by atoms with Gasteiger partial charge < -0.3 is 24.3 Å². The molecule has 2 N–H and O–H groups in total. The second-order valence-electron chi connectivity index (χ2n) is 16.1. The smallest absolute Gasteiger partial charge is 0.266 e. The van der Waals surface area contributed by atoms with Crippen LogP contribution in [0.25, 0.3) is 0 Å². The standard InChI is InChI=1S/C46H44BrN5O6Si/c1-29-43(59(2,3)56)42(22-23-50-27-37(48-49-50)35(28-53)31-13-5-4-6-14-31)58-46(29)36-25-32(47)20-21-38(36)51(45(46)55)26-30-12-11-15-33(24-30)52-39-17-8-10-19-41(39)57-40-18-9-7-16-34(40)44(52)54/h4-21,24-25,27,29,35,42-43,53,56H,22-23,26,28H2,1-3H3/t29-,35?,42+,43-,46+/m0/s1. The molecule has 6 aromatic rings. The highest BCUT2D eigenvalue weighted by Crippen LogP contribution is 2.60.